The maximum absolute atomic E-state index is 12.3. The Labute approximate surface area is 101 Å². The maximum atomic E-state index is 12.3. The Hall–Kier alpha value is -1.49. The lowest BCUT2D eigenvalue weighted by atomic mass is 10.2. The normalized spacial score (nSPS) is 11.8. The number of benzene rings is 1. The summed E-state index contributed by atoms with van der Waals surface area (Å²) in [5, 5.41) is 3.96. The molecule has 2 aromatic rings. The minimum Gasteiger partial charge on any atom is -0.268 e. The minimum atomic E-state index is -4.41. The third kappa shape index (κ3) is 2.79. The zero-order valence-electron chi connectivity index (χ0n) is 8.58. The lowest BCUT2D eigenvalue weighted by molar-refractivity contribution is -0.141. The molecule has 90 valence electrons. The fourth-order valence-corrected chi connectivity index (χ4v) is 1.60. The lowest BCUT2D eigenvalue weighted by Crippen LogP contribution is -2.08. The van der Waals surface area contributed by atoms with Gasteiger partial charge in [0.05, 0.1) is 6.54 Å². The van der Waals surface area contributed by atoms with Crippen molar-refractivity contribution in [2.45, 2.75) is 12.7 Å². The maximum Gasteiger partial charge on any atom is 0.435 e. The van der Waals surface area contributed by atoms with Crippen LogP contribution in [0.25, 0.3) is 0 Å². The van der Waals surface area contributed by atoms with E-state index in [0.29, 0.717) is 5.02 Å². The molecule has 0 saturated carbocycles. The Balaban J connectivity index is 2.21. The monoisotopic (exact) mass is 260 g/mol. The summed E-state index contributed by atoms with van der Waals surface area (Å²) in [6, 6.07) is 7.91. The van der Waals surface area contributed by atoms with Crippen LogP contribution in [-0.4, -0.2) is 9.78 Å². The molecule has 1 heterocycles. The highest BCUT2D eigenvalue weighted by molar-refractivity contribution is 6.31. The van der Waals surface area contributed by atoms with Gasteiger partial charge >= 0.3 is 6.18 Å². The summed E-state index contributed by atoms with van der Waals surface area (Å²) in [5.41, 5.74) is -0.171. The predicted octanol–water partition coefficient (Wildman–Crippen LogP) is 3.60. The van der Waals surface area contributed by atoms with Crippen LogP contribution in [0.15, 0.2) is 36.5 Å². The molecule has 0 bridgehead atoms. The van der Waals surface area contributed by atoms with Crippen molar-refractivity contribution in [2.24, 2.45) is 0 Å². The summed E-state index contributed by atoms with van der Waals surface area (Å²) in [4.78, 5) is 0. The van der Waals surface area contributed by atoms with Gasteiger partial charge in [-0.1, -0.05) is 29.8 Å². The first-order valence-electron chi connectivity index (χ1n) is 4.81. The van der Waals surface area contributed by atoms with E-state index in [1.165, 1.54) is 10.9 Å². The third-order valence-electron chi connectivity index (χ3n) is 2.22. The zero-order valence-corrected chi connectivity index (χ0v) is 9.33. The first-order valence-corrected chi connectivity index (χ1v) is 5.18. The van der Waals surface area contributed by atoms with E-state index in [-0.39, 0.29) is 6.54 Å². The molecule has 0 amide bonds. The Morgan fingerprint density at radius 2 is 1.88 bits per heavy atom. The van der Waals surface area contributed by atoms with Crippen molar-refractivity contribution in [3.63, 3.8) is 0 Å². The molecule has 0 atom stereocenters. The highest BCUT2D eigenvalue weighted by Crippen LogP contribution is 2.27. The highest BCUT2D eigenvalue weighted by Gasteiger charge is 2.33. The number of nitrogens with zero attached hydrogens (tertiary/aromatic N) is 2. The number of hydrogen-bond acceptors (Lipinski definition) is 1. The van der Waals surface area contributed by atoms with Crippen molar-refractivity contribution in [3.8, 4) is 0 Å². The van der Waals surface area contributed by atoms with Crippen molar-refractivity contribution < 1.29 is 13.2 Å². The average Bonchev–Trinajstić information content (AvgIpc) is 2.69. The van der Waals surface area contributed by atoms with Gasteiger partial charge in [0.25, 0.3) is 0 Å². The second kappa shape index (κ2) is 4.41. The number of alkyl halides is 3. The van der Waals surface area contributed by atoms with E-state index >= 15 is 0 Å². The van der Waals surface area contributed by atoms with Gasteiger partial charge in [-0.15, -0.1) is 0 Å². The Bertz CT molecular complexity index is 519. The molecule has 0 spiro atoms. The lowest BCUT2D eigenvalue weighted by Gasteiger charge is -2.04. The molecule has 0 N–H and O–H groups in total. The summed E-state index contributed by atoms with van der Waals surface area (Å²) in [6.07, 6.45) is -3.13. The van der Waals surface area contributed by atoms with Gasteiger partial charge in [0.2, 0.25) is 0 Å². The molecule has 1 aromatic carbocycles. The minimum absolute atomic E-state index is 0.218. The van der Waals surface area contributed by atoms with Crippen LogP contribution in [-0.2, 0) is 12.7 Å². The van der Waals surface area contributed by atoms with Gasteiger partial charge in [-0.25, -0.2) is 0 Å². The Kier molecular flexibility index (Phi) is 3.11. The first kappa shape index (κ1) is 12.0. The molecule has 2 nitrogen and oxygen atoms in total. The topological polar surface area (TPSA) is 17.8 Å². The highest BCUT2D eigenvalue weighted by atomic mass is 35.5. The molecule has 0 radical (unpaired) electrons. The van der Waals surface area contributed by atoms with Crippen LogP contribution in [0, 0.1) is 0 Å². The number of hydrogen-bond donors (Lipinski definition) is 0. The molecule has 6 heteroatoms. The van der Waals surface area contributed by atoms with Gasteiger partial charge in [-0.05, 0) is 17.7 Å². The number of halogens is 4. The summed E-state index contributed by atoms with van der Waals surface area (Å²) in [7, 11) is 0. The van der Waals surface area contributed by atoms with Crippen molar-refractivity contribution >= 4 is 11.6 Å². The van der Waals surface area contributed by atoms with Crippen molar-refractivity contribution in [3.05, 3.63) is 52.8 Å². The van der Waals surface area contributed by atoms with E-state index in [1.807, 2.05) is 0 Å². The van der Waals surface area contributed by atoms with Crippen LogP contribution in [0.3, 0.4) is 0 Å². The van der Waals surface area contributed by atoms with Gasteiger partial charge in [0, 0.05) is 11.2 Å². The average molecular weight is 261 g/mol. The van der Waals surface area contributed by atoms with E-state index in [0.717, 1.165) is 11.6 Å². The van der Waals surface area contributed by atoms with E-state index < -0.39 is 11.9 Å². The van der Waals surface area contributed by atoms with Gasteiger partial charge in [0.15, 0.2) is 5.69 Å². The largest absolute Gasteiger partial charge is 0.435 e. The molecule has 17 heavy (non-hydrogen) atoms. The van der Waals surface area contributed by atoms with Crippen LogP contribution in [0.4, 0.5) is 13.2 Å². The van der Waals surface area contributed by atoms with Crippen molar-refractivity contribution in [1.29, 1.82) is 0 Å². The second-order valence-corrected chi connectivity index (χ2v) is 3.89. The van der Waals surface area contributed by atoms with Crippen molar-refractivity contribution in [2.75, 3.05) is 0 Å². The molecule has 0 aliphatic rings. The Morgan fingerprint density at radius 3 is 2.47 bits per heavy atom. The van der Waals surface area contributed by atoms with Crippen molar-refractivity contribution in [1.82, 2.24) is 9.78 Å². The van der Waals surface area contributed by atoms with Crippen LogP contribution >= 0.6 is 11.6 Å². The standard InChI is InChI=1S/C11H8ClF3N2/c12-9-4-2-1-3-8(9)7-17-6-5-10(16-17)11(13,14)15/h1-6H,7H2. The van der Waals surface area contributed by atoms with Crippen LogP contribution in [0.1, 0.15) is 11.3 Å². The third-order valence-corrected chi connectivity index (χ3v) is 2.59. The molecule has 0 unspecified atom stereocenters. The van der Waals surface area contributed by atoms with E-state index in [9.17, 15) is 13.2 Å². The Morgan fingerprint density at radius 1 is 1.18 bits per heavy atom. The molecule has 0 saturated heterocycles. The van der Waals surface area contributed by atoms with Gasteiger partial charge in [0.1, 0.15) is 0 Å². The molecule has 2 rings (SSSR count). The van der Waals surface area contributed by atoms with E-state index in [4.69, 9.17) is 11.6 Å². The quantitative estimate of drug-likeness (QED) is 0.807. The predicted molar refractivity (Wildman–Crippen MR) is 57.8 cm³/mol. The number of aromatic nitrogens is 2. The summed E-state index contributed by atoms with van der Waals surface area (Å²) < 4.78 is 38.2. The van der Waals surface area contributed by atoms with E-state index in [1.54, 1.807) is 24.3 Å². The fourth-order valence-electron chi connectivity index (χ4n) is 1.40. The van der Waals surface area contributed by atoms with E-state index in [2.05, 4.69) is 5.10 Å². The smallest absolute Gasteiger partial charge is 0.268 e. The molecular weight excluding hydrogens is 253 g/mol. The molecule has 0 fully saturated rings. The first-order chi connectivity index (χ1) is 7.97. The van der Waals surface area contributed by atoms with Crippen LogP contribution < -0.4 is 0 Å². The summed E-state index contributed by atoms with van der Waals surface area (Å²) >= 11 is 5.91. The van der Waals surface area contributed by atoms with Crippen LogP contribution in [0.5, 0.6) is 0 Å². The molecule has 0 aliphatic heterocycles. The fraction of sp³-hybridized carbons (Fsp3) is 0.182. The number of rotatable bonds is 2. The second-order valence-electron chi connectivity index (χ2n) is 3.49. The zero-order chi connectivity index (χ0) is 12.5. The summed E-state index contributed by atoms with van der Waals surface area (Å²) in [6.45, 7) is 0.218. The van der Waals surface area contributed by atoms with Gasteiger partial charge in [-0.3, -0.25) is 4.68 Å². The van der Waals surface area contributed by atoms with Gasteiger partial charge < -0.3 is 0 Å². The van der Waals surface area contributed by atoms with Gasteiger partial charge in [-0.2, -0.15) is 18.3 Å². The SMILES string of the molecule is FC(F)(F)c1ccn(Cc2ccccc2Cl)n1. The van der Waals surface area contributed by atoms with Crippen LogP contribution in [0.2, 0.25) is 5.02 Å². The molecular formula is C11H8ClF3N2. The summed E-state index contributed by atoms with van der Waals surface area (Å²) in [5.74, 6) is 0. The molecule has 0 aliphatic carbocycles. The molecule has 1 aromatic heterocycles.